The normalized spacial score (nSPS) is 23.8. The topological polar surface area (TPSA) is 87.5 Å². The molecule has 2 bridgehead atoms. The molecule has 1 aromatic heterocycles. The maximum atomic E-state index is 13.7. The van der Waals surface area contributed by atoms with Crippen LogP contribution in [-0.4, -0.2) is 51.0 Å². The summed E-state index contributed by atoms with van der Waals surface area (Å²) in [6, 6.07) is 13.3. The van der Waals surface area contributed by atoms with Gasteiger partial charge in [-0.2, -0.15) is 0 Å². The van der Waals surface area contributed by atoms with E-state index in [0.717, 1.165) is 59.2 Å². The van der Waals surface area contributed by atoms with E-state index in [1.165, 1.54) is 0 Å². The Balaban J connectivity index is 1.27. The number of nitrogen functional groups attached to an aromatic ring is 1. The number of hydrogen-bond donors (Lipinski definition) is 2. The Morgan fingerprint density at radius 3 is 2.64 bits per heavy atom. The van der Waals surface area contributed by atoms with E-state index < -0.39 is 0 Å². The number of anilines is 1. The number of fused-ring (bicyclic) bond motifs is 4. The largest absolute Gasteiger partial charge is 0.491 e. The summed E-state index contributed by atoms with van der Waals surface area (Å²) in [4.78, 5) is 25.2. The summed E-state index contributed by atoms with van der Waals surface area (Å²) in [7, 11) is 0. The number of carbonyl (C=O) groups excluding carboxylic acids is 1. The van der Waals surface area contributed by atoms with Gasteiger partial charge in [-0.3, -0.25) is 0 Å². The molecule has 0 spiro atoms. The number of urea groups is 1. The number of carbonyl (C=O) groups is 1. The van der Waals surface area contributed by atoms with E-state index >= 15 is 0 Å². The molecule has 3 aliphatic heterocycles. The zero-order chi connectivity index (χ0) is 22.7. The molecular weight excluding hydrogens is 414 g/mol. The van der Waals surface area contributed by atoms with Gasteiger partial charge in [0.1, 0.15) is 12.4 Å². The van der Waals surface area contributed by atoms with Gasteiger partial charge in [-0.25, -0.2) is 9.78 Å². The lowest BCUT2D eigenvalue weighted by atomic mass is 9.78. The van der Waals surface area contributed by atoms with Gasteiger partial charge < -0.3 is 25.3 Å². The first kappa shape index (κ1) is 20.4. The molecule has 33 heavy (non-hydrogen) atoms. The SMILES string of the molecule is CC1(C)CC2CCC(C1)N2C(=O)N1CCOc2ccc(-c3ccc4nc(N)[nH]c4c3)cc2C1. The van der Waals surface area contributed by atoms with Crippen molar-refractivity contribution in [3.63, 3.8) is 0 Å². The maximum absolute atomic E-state index is 13.7. The van der Waals surface area contributed by atoms with E-state index in [-0.39, 0.29) is 6.03 Å². The van der Waals surface area contributed by atoms with Crippen LogP contribution < -0.4 is 10.5 Å². The fourth-order valence-corrected chi connectivity index (χ4v) is 6.14. The van der Waals surface area contributed by atoms with Gasteiger partial charge in [-0.1, -0.05) is 26.0 Å². The Hall–Kier alpha value is -3.22. The van der Waals surface area contributed by atoms with E-state index in [4.69, 9.17) is 10.5 Å². The number of hydrogen-bond acceptors (Lipinski definition) is 4. The predicted molar refractivity (Wildman–Crippen MR) is 129 cm³/mol. The van der Waals surface area contributed by atoms with Gasteiger partial charge in [-0.15, -0.1) is 0 Å². The molecular formula is C26H31N5O2. The van der Waals surface area contributed by atoms with Crippen LogP contribution in [0.1, 0.15) is 45.1 Å². The number of imidazole rings is 1. The van der Waals surface area contributed by atoms with Gasteiger partial charge in [0, 0.05) is 17.6 Å². The molecule has 172 valence electrons. The standard InChI is InChI=1S/C26H31N5O2/c1-26(2)13-19-5-6-20(14-26)31(19)25(32)30-9-10-33-23-8-4-16(11-18(23)15-30)17-3-7-21-22(12-17)29-24(27)28-21/h3-4,7-8,11-12,19-20H,5-6,9-10,13-15H2,1-2H3,(H3,27,28,29). The Morgan fingerprint density at radius 1 is 1.12 bits per heavy atom. The minimum atomic E-state index is 0.175. The average Bonchev–Trinajstić information content (AvgIpc) is 3.19. The first-order chi connectivity index (χ1) is 15.9. The van der Waals surface area contributed by atoms with Gasteiger partial charge in [0.05, 0.1) is 24.1 Å². The lowest BCUT2D eigenvalue weighted by Gasteiger charge is -2.44. The van der Waals surface area contributed by atoms with Gasteiger partial charge in [0.15, 0.2) is 5.95 Å². The fraction of sp³-hybridized carbons (Fsp3) is 0.462. The number of piperidine rings is 1. The number of ether oxygens (including phenoxy) is 1. The van der Waals surface area contributed by atoms with Gasteiger partial charge in [0.25, 0.3) is 0 Å². The summed E-state index contributed by atoms with van der Waals surface area (Å²) in [5.41, 5.74) is 11.1. The zero-order valence-corrected chi connectivity index (χ0v) is 19.3. The van der Waals surface area contributed by atoms with Crippen LogP contribution in [0, 0.1) is 5.41 Å². The maximum Gasteiger partial charge on any atom is 0.320 e. The molecule has 3 N–H and O–H groups in total. The molecule has 2 unspecified atom stereocenters. The molecule has 4 heterocycles. The first-order valence-electron chi connectivity index (χ1n) is 11.9. The molecule has 2 aromatic carbocycles. The van der Waals surface area contributed by atoms with Crippen LogP contribution in [0.5, 0.6) is 5.75 Å². The summed E-state index contributed by atoms with van der Waals surface area (Å²) in [5, 5.41) is 0. The number of aromatic nitrogens is 2. The number of nitrogens with two attached hydrogens (primary N) is 1. The van der Waals surface area contributed by atoms with Crippen LogP contribution in [0.3, 0.4) is 0 Å². The van der Waals surface area contributed by atoms with Crippen LogP contribution in [-0.2, 0) is 6.54 Å². The third kappa shape index (κ3) is 3.59. The van der Waals surface area contributed by atoms with Crippen molar-refractivity contribution in [1.29, 1.82) is 0 Å². The molecule has 2 fully saturated rings. The molecule has 3 aromatic rings. The summed E-state index contributed by atoms with van der Waals surface area (Å²) in [5.74, 6) is 1.28. The molecule has 6 rings (SSSR count). The Labute approximate surface area is 193 Å². The third-order valence-corrected chi connectivity index (χ3v) is 7.56. The van der Waals surface area contributed by atoms with Crippen molar-refractivity contribution in [3.05, 3.63) is 42.0 Å². The second kappa shape index (κ2) is 7.40. The van der Waals surface area contributed by atoms with Crippen molar-refractivity contribution in [2.24, 2.45) is 5.41 Å². The van der Waals surface area contributed by atoms with Crippen LogP contribution in [0.25, 0.3) is 22.2 Å². The zero-order valence-electron chi connectivity index (χ0n) is 19.3. The quantitative estimate of drug-likeness (QED) is 0.564. The average molecular weight is 446 g/mol. The number of rotatable bonds is 1. The van der Waals surface area contributed by atoms with Crippen molar-refractivity contribution in [1.82, 2.24) is 19.8 Å². The van der Waals surface area contributed by atoms with Crippen LogP contribution in [0.2, 0.25) is 0 Å². The number of aromatic amines is 1. The molecule has 0 radical (unpaired) electrons. The van der Waals surface area contributed by atoms with Crippen molar-refractivity contribution in [3.8, 4) is 16.9 Å². The summed E-state index contributed by atoms with van der Waals surface area (Å²) in [6.07, 6.45) is 4.46. The van der Waals surface area contributed by atoms with E-state index in [1.807, 2.05) is 17.0 Å². The second-order valence-corrected chi connectivity index (χ2v) is 10.6. The number of benzene rings is 2. The highest BCUT2D eigenvalue weighted by Crippen LogP contribution is 2.45. The summed E-state index contributed by atoms with van der Waals surface area (Å²) < 4.78 is 6.04. The number of nitrogens with zero attached hydrogens (tertiary/aromatic N) is 3. The Morgan fingerprint density at radius 2 is 1.85 bits per heavy atom. The fourth-order valence-electron chi connectivity index (χ4n) is 6.14. The summed E-state index contributed by atoms with van der Waals surface area (Å²) >= 11 is 0. The molecule has 7 nitrogen and oxygen atoms in total. The molecule has 2 amide bonds. The minimum absolute atomic E-state index is 0.175. The minimum Gasteiger partial charge on any atom is -0.491 e. The van der Waals surface area contributed by atoms with Crippen molar-refractivity contribution >= 4 is 23.0 Å². The third-order valence-electron chi connectivity index (χ3n) is 7.56. The molecule has 7 heteroatoms. The molecule has 0 saturated carbocycles. The smallest absolute Gasteiger partial charge is 0.320 e. The van der Waals surface area contributed by atoms with Crippen LogP contribution >= 0.6 is 0 Å². The monoisotopic (exact) mass is 445 g/mol. The highest BCUT2D eigenvalue weighted by molar-refractivity contribution is 5.83. The molecule has 2 atom stereocenters. The van der Waals surface area contributed by atoms with Gasteiger partial charge >= 0.3 is 6.03 Å². The second-order valence-electron chi connectivity index (χ2n) is 10.6. The molecule has 3 aliphatic rings. The Bertz CT molecular complexity index is 1220. The van der Waals surface area contributed by atoms with Crippen LogP contribution in [0.15, 0.2) is 36.4 Å². The van der Waals surface area contributed by atoms with Gasteiger partial charge in [-0.05, 0) is 66.5 Å². The van der Waals surface area contributed by atoms with Crippen molar-refractivity contribution in [2.45, 2.75) is 58.2 Å². The highest BCUT2D eigenvalue weighted by Gasteiger charge is 2.47. The predicted octanol–water partition coefficient (Wildman–Crippen LogP) is 4.78. The molecule has 0 aliphatic carbocycles. The number of amides is 2. The summed E-state index contributed by atoms with van der Waals surface area (Å²) in [6.45, 7) is 6.38. The van der Waals surface area contributed by atoms with E-state index in [2.05, 4.69) is 53.0 Å². The first-order valence-corrected chi connectivity index (χ1v) is 11.9. The lowest BCUT2D eigenvalue weighted by molar-refractivity contribution is 0.0637. The Kier molecular flexibility index (Phi) is 4.57. The van der Waals surface area contributed by atoms with Crippen molar-refractivity contribution < 1.29 is 9.53 Å². The van der Waals surface area contributed by atoms with Crippen molar-refractivity contribution in [2.75, 3.05) is 18.9 Å². The molecule has 2 saturated heterocycles. The van der Waals surface area contributed by atoms with E-state index in [0.29, 0.717) is 43.1 Å². The highest BCUT2D eigenvalue weighted by atomic mass is 16.5. The van der Waals surface area contributed by atoms with Gasteiger partial charge in [0.2, 0.25) is 0 Å². The number of nitrogens with one attached hydrogen (secondary N) is 1. The van der Waals surface area contributed by atoms with E-state index in [9.17, 15) is 4.79 Å². The number of H-pyrrole nitrogens is 1. The lowest BCUT2D eigenvalue weighted by Crippen LogP contribution is -2.53. The van der Waals surface area contributed by atoms with E-state index in [1.54, 1.807) is 0 Å². The van der Waals surface area contributed by atoms with Crippen LogP contribution in [0.4, 0.5) is 10.7 Å².